The predicted octanol–water partition coefficient (Wildman–Crippen LogP) is 2.92. The fraction of sp³-hybridized carbons (Fsp3) is 0.550. The molecule has 4 saturated carbocycles. The zero-order chi connectivity index (χ0) is 19.5. The van der Waals surface area contributed by atoms with Gasteiger partial charge in [0.25, 0.3) is 5.91 Å². The number of anilines is 1. The minimum absolute atomic E-state index is 0.270. The summed E-state index contributed by atoms with van der Waals surface area (Å²) < 4.78 is 5.42. The van der Waals surface area contributed by atoms with Gasteiger partial charge in [0.2, 0.25) is 0 Å². The zero-order valence-electron chi connectivity index (χ0n) is 15.3. The Balaban J connectivity index is 1.22. The van der Waals surface area contributed by atoms with Gasteiger partial charge in [0.1, 0.15) is 0 Å². The van der Waals surface area contributed by atoms with E-state index in [0.717, 1.165) is 32.1 Å². The maximum absolute atomic E-state index is 12.9. The molecule has 1 aromatic carbocycles. The minimum Gasteiger partial charge on any atom is -0.455 e. The van der Waals surface area contributed by atoms with E-state index in [2.05, 4.69) is 15.3 Å². The molecule has 6 rings (SSSR count). The van der Waals surface area contributed by atoms with Gasteiger partial charge in [-0.2, -0.15) is 0 Å². The van der Waals surface area contributed by atoms with Gasteiger partial charge in [0, 0.05) is 10.6 Å². The Morgan fingerprint density at radius 3 is 2.57 bits per heavy atom. The van der Waals surface area contributed by atoms with Crippen LogP contribution in [0.4, 0.5) is 5.69 Å². The van der Waals surface area contributed by atoms with E-state index in [1.807, 2.05) is 0 Å². The first-order chi connectivity index (χ1) is 13.3. The minimum atomic E-state index is -0.518. The van der Waals surface area contributed by atoms with Gasteiger partial charge in [-0.3, -0.25) is 9.59 Å². The summed E-state index contributed by atoms with van der Waals surface area (Å²) in [5.74, 6) is 0.300. The molecule has 2 aromatic rings. The number of halogens is 1. The number of fused-ring (bicyclic) bond motifs is 1. The Labute approximate surface area is 166 Å². The fourth-order valence-electron chi connectivity index (χ4n) is 5.98. The number of ether oxygens (including phenoxy) is 1. The van der Waals surface area contributed by atoms with E-state index in [1.54, 1.807) is 18.2 Å². The Bertz CT molecular complexity index is 1010. The molecule has 4 aliphatic rings. The lowest BCUT2D eigenvalue weighted by molar-refractivity contribution is -0.171. The second-order valence-corrected chi connectivity index (χ2v) is 9.66. The molecule has 2 atom stereocenters. The van der Waals surface area contributed by atoms with Crippen molar-refractivity contribution in [3.05, 3.63) is 28.7 Å². The summed E-state index contributed by atoms with van der Waals surface area (Å²) in [5, 5.41) is 2.70. The van der Waals surface area contributed by atoms with Gasteiger partial charge in [-0.1, -0.05) is 0 Å². The van der Waals surface area contributed by atoms with Crippen LogP contribution in [0.5, 0.6) is 0 Å². The summed E-state index contributed by atoms with van der Waals surface area (Å²) in [4.78, 5) is 41.5. The van der Waals surface area contributed by atoms with E-state index in [1.165, 1.54) is 0 Å². The maximum atomic E-state index is 12.9. The van der Waals surface area contributed by atoms with Gasteiger partial charge in [0.15, 0.2) is 6.61 Å². The van der Waals surface area contributed by atoms with Crippen LogP contribution in [0.3, 0.4) is 0 Å². The lowest BCUT2D eigenvalue weighted by Gasteiger charge is -2.58. The Morgan fingerprint density at radius 1 is 1.14 bits per heavy atom. The normalized spacial score (nSPS) is 33.2. The van der Waals surface area contributed by atoms with Crippen LogP contribution in [0.15, 0.2) is 23.0 Å². The quantitative estimate of drug-likeness (QED) is 0.539. The largest absolute Gasteiger partial charge is 0.455 e. The number of hydrogen-bond acceptors (Lipinski definition) is 4. The first kappa shape index (κ1) is 17.8. The fourth-order valence-corrected chi connectivity index (χ4v) is 6.67. The van der Waals surface area contributed by atoms with E-state index in [0.29, 0.717) is 35.0 Å². The van der Waals surface area contributed by atoms with E-state index in [4.69, 9.17) is 16.3 Å². The molecule has 1 aromatic heterocycles. The number of esters is 1. The van der Waals surface area contributed by atoms with Crippen molar-refractivity contribution in [2.45, 2.75) is 43.4 Å². The molecule has 0 spiro atoms. The van der Waals surface area contributed by atoms with Crippen LogP contribution < -0.4 is 11.0 Å². The average molecular weight is 404 g/mol. The Morgan fingerprint density at radius 2 is 1.86 bits per heavy atom. The summed E-state index contributed by atoms with van der Waals surface area (Å²) >= 11 is 6.77. The smallest absolute Gasteiger partial charge is 0.323 e. The van der Waals surface area contributed by atoms with Crippen LogP contribution >= 0.6 is 11.6 Å². The molecule has 4 bridgehead atoms. The summed E-state index contributed by atoms with van der Waals surface area (Å²) in [5.41, 5.74) is 0.959. The molecule has 0 saturated heterocycles. The maximum Gasteiger partial charge on any atom is 0.323 e. The highest BCUT2D eigenvalue weighted by molar-refractivity contribution is 6.24. The number of nitrogens with one attached hydrogen (secondary N) is 3. The molecule has 4 aliphatic carbocycles. The topological polar surface area (TPSA) is 104 Å². The number of carbonyl (C=O) groups is 2. The second kappa shape index (κ2) is 6.11. The molecular weight excluding hydrogens is 382 g/mol. The second-order valence-electron chi connectivity index (χ2n) is 8.86. The lowest BCUT2D eigenvalue weighted by atomic mass is 9.49. The number of rotatable bonds is 4. The number of aromatic amines is 2. The van der Waals surface area contributed by atoms with Crippen LogP contribution in [0, 0.1) is 17.3 Å². The molecule has 28 heavy (non-hydrogen) atoms. The standard InChI is InChI=1S/C20H22ClN3O4/c21-20-7-11-3-12(8-20)6-19(5-11,10-20)17(26)28-9-16(25)22-13-1-2-14-15(4-13)24-18(27)23-14/h1-2,4,11-12H,3,5-10H2,(H,22,25)(H2,23,24,27)/t11-,12-,19?,20?/m0/s1. The molecule has 0 radical (unpaired) electrons. The number of alkyl halides is 1. The monoisotopic (exact) mass is 403 g/mol. The number of H-pyrrole nitrogens is 2. The third-order valence-electron chi connectivity index (χ3n) is 6.56. The van der Waals surface area contributed by atoms with E-state index < -0.39 is 11.3 Å². The Kier molecular flexibility index (Phi) is 3.88. The summed E-state index contributed by atoms with van der Waals surface area (Å²) in [6.07, 6.45) is 5.46. The summed E-state index contributed by atoms with van der Waals surface area (Å²) in [6, 6.07) is 5.04. The molecule has 3 N–H and O–H groups in total. The molecule has 1 amide bonds. The molecule has 148 valence electrons. The van der Waals surface area contributed by atoms with Crippen LogP contribution in [0.2, 0.25) is 0 Å². The number of benzene rings is 1. The average Bonchev–Trinajstić information content (AvgIpc) is 2.96. The van der Waals surface area contributed by atoms with Crippen molar-refractivity contribution in [1.29, 1.82) is 0 Å². The van der Waals surface area contributed by atoms with Crippen molar-refractivity contribution in [2.75, 3.05) is 11.9 Å². The number of imidazole rings is 1. The van der Waals surface area contributed by atoms with Gasteiger partial charge < -0.3 is 20.0 Å². The molecule has 1 heterocycles. The SMILES string of the molecule is O=C(COC(=O)C12C[C@@H]3C[C@H](CC(Cl)(C3)C1)C2)Nc1ccc2[nH]c(=O)[nH]c2c1. The number of amides is 1. The highest BCUT2D eigenvalue weighted by Crippen LogP contribution is 2.64. The third-order valence-corrected chi connectivity index (χ3v) is 7.00. The highest BCUT2D eigenvalue weighted by atomic mass is 35.5. The molecule has 0 unspecified atom stereocenters. The summed E-state index contributed by atoms with van der Waals surface area (Å²) in [6.45, 7) is -0.326. The summed E-state index contributed by atoms with van der Waals surface area (Å²) in [7, 11) is 0. The Hall–Kier alpha value is -2.28. The van der Waals surface area contributed by atoms with Crippen molar-refractivity contribution in [3.63, 3.8) is 0 Å². The van der Waals surface area contributed by atoms with E-state index in [-0.39, 0.29) is 23.1 Å². The highest BCUT2D eigenvalue weighted by Gasteiger charge is 2.60. The molecule has 0 aliphatic heterocycles. The number of carbonyl (C=O) groups excluding carboxylic acids is 2. The van der Waals surface area contributed by atoms with Crippen molar-refractivity contribution < 1.29 is 14.3 Å². The number of hydrogen-bond donors (Lipinski definition) is 3. The first-order valence-electron chi connectivity index (χ1n) is 9.71. The van der Waals surface area contributed by atoms with Crippen molar-refractivity contribution in [2.24, 2.45) is 17.3 Å². The third kappa shape index (κ3) is 3.02. The van der Waals surface area contributed by atoms with Gasteiger partial charge in [0.05, 0.1) is 16.4 Å². The molecule has 7 nitrogen and oxygen atoms in total. The van der Waals surface area contributed by atoms with Crippen molar-refractivity contribution in [1.82, 2.24) is 9.97 Å². The molecule has 4 fully saturated rings. The van der Waals surface area contributed by atoms with Crippen LogP contribution in [0.25, 0.3) is 11.0 Å². The van der Waals surface area contributed by atoms with Gasteiger partial charge in [-0.05, 0) is 68.6 Å². The molecular formula is C20H22ClN3O4. The van der Waals surface area contributed by atoms with Crippen LogP contribution in [0.1, 0.15) is 38.5 Å². The van der Waals surface area contributed by atoms with Crippen LogP contribution in [-0.2, 0) is 14.3 Å². The predicted molar refractivity (Wildman–Crippen MR) is 104 cm³/mol. The van der Waals surface area contributed by atoms with E-state index >= 15 is 0 Å². The molecule has 8 heteroatoms. The van der Waals surface area contributed by atoms with Gasteiger partial charge in [-0.15, -0.1) is 11.6 Å². The van der Waals surface area contributed by atoms with Gasteiger partial charge >= 0.3 is 11.7 Å². The van der Waals surface area contributed by atoms with Crippen molar-refractivity contribution in [3.8, 4) is 0 Å². The van der Waals surface area contributed by atoms with Crippen molar-refractivity contribution >= 4 is 40.2 Å². The zero-order valence-corrected chi connectivity index (χ0v) is 16.1. The number of aromatic nitrogens is 2. The van der Waals surface area contributed by atoms with E-state index in [9.17, 15) is 14.4 Å². The van der Waals surface area contributed by atoms with Gasteiger partial charge in [-0.25, -0.2) is 4.79 Å². The lowest BCUT2D eigenvalue weighted by Crippen LogP contribution is -2.56. The van der Waals surface area contributed by atoms with Crippen LogP contribution in [-0.4, -0.2) is 33.3 Å². The first-order valence-corrected chi connectivity index (χ1v) is 10.1.